The van der Waals surface area contributed by atoms with Crippen LogP contribution in [0.15, 0.2) is 36.4 Å². The van der Waals surface area contributed by atoms with E-state index in [1.807, 2.05) is 0 Å². The lowest BCUT2D eigenvalue weighted by Gasteiger charge is -2.27. The van der Waals surface area contributed by atoms with E-state index in [1.54, 1.807) is 0 Å². The maximum atomic E-state index is 12.3. The van der Waals surface area contributed by atoms with E-state index in [2.05, 4.69) is 16.6 Å². The SMILES string of the molecule is C=CCN1C(=O)/C(=C/c2cc(OC(F)(F)F)ccc2O)C(=O)NC1=S. The van der Waals surface area contributed by atoms with Crippen molar-refractivity contribution in [1.29, 1.82) is 0 Å². The predicted octanol–water partition coefficient (Wildman–Crippen LogP) is 2.10. The van der Waals surface area contributed by atoms with Crippen LogP contribution in [-0.4, -0.2) is 39.8 Å². The molecule has 0 saturated carbocycles. The number of halogens is 3. The molecule has 0 aromatic heterocycles. The first-order valence-electron chi connectivity index (χ1n) is 6.71. The monoisotopic (exact) mass is 372 g/mol. The van der Waals surface area contributed by atoms with Crippen LogP contribution >= 0.6 is 12.2 Å². The number of amides is 2. The maximum Gasteiger partial charge on any atom is 0.573 e. The Morgan fingerprint density at radius 1 is 1.36 bits per heavy atom. The molecule has 6 nitrogen and oxygen atoms in total. The summed E-state index contributed by atoms with van der Waals surface area (Å²) in [5.41, 5.74) is -0.610. The van der Waals surface area contributed by atoms with Crippen molar-refractivity contribution in [2.75, 3.05) is 6.54 Å². The first-order chi connectivity index (χ1) is 11.6. The summed E-state index contributed by atoms with van der Waals surface area (Å²) >= 11 is 4.87. The van der Waals surface area contributed by atoms with Crippen LogP contribution in [0.5, 0.6) is 11.5 Å². The normalized spacial score (nSPS) is 16.8. The molecule has 1 heterocycles. The molecule has 0 spiro atoms. The van der Waals surface area contributed by atoms with Gasteiger partial charge < -0.3 is 9.84 Å². The second-order valence-corrected chi connectivity index (χ2v) is 5.18. The van der Waals surface area contributed by atoms with Gasteiger partial charge in [-0.1, -0.05) is 6.08 Å². The van der Waals surface area contributed by atoms with Gasteiger partial charge in [0.1, 0.15) is 17.1 Å². The van der Waals surface area contributed by atoms with Gasteiger partial charge >= 0.3 is 6.36 Å². The standard InChI is InChI=1S/C15H11F3N2O4S/c1-2-5-20-13(23)10(12(22)19-14(20)25)7-8-6-9(3-4-11(8)21)24-15(16,17)18/h2-4,6-7,21H,1,5H2,(H,19,22,25)/b10-7+. The summed E-state index contributed by atoms with van der Waals surface area (Å²) < 4.78 is 40.6. The van der Waals surface area contributed by atoms with E-state index in [1.165, 1.54) is 6.08 Å². The summed E-state index contributed by atoms with van der Waals surface area (Å²) in [6.07, 6.45) is -2.59. The number of alkyl halides is 3. The fraction of sp³-hybridized carbons (Fsp3) is 0.133. The molecule has 0 atom stereocenters. The zero-order chi connectivity index (χ0) is 18.8. The molecule has 2 amide bonds. The molecular formula is C15H11F3N2O4S. The molecule has 1 aromatic carbocycles. The Morgan fingerprint density at radius 2 is 2.04 bits per heavy atom. The number of carbonyl (C=O) groups excluding carboxylic acids is 2. The quantitative estimate of drug-likeness (QED) is 0.366. The summed E-state index contributed by atoms with van der Waals surface area (Å²) in [5, 5.41) is 11.9. The van der Waals surface area contributed by atoms with Crippen molar-refractivity contribution < 1.29 is 32.6 Å². The number of rotatable bonds is 4. The third-order valence-corrected chi connectivity index (χ3v) is 3.35. The number of phenols is 1. The molecule has 1 aliphatic heterocycles. The zero-order valence-electron chi connectivity index (χ0n) is 12.5. The van der Waals surface area contributed by atoms with E-state index in [0.29, 0.717) is 0 Å². The van der Waals surface area contributed by atoms with Gasteiger partial charge in [0.05, 0.1) is 0 Å². The van der Waals surface area contributed by atoms with E-state index in [0.717, 1.165) is 29.2 Å². The molecule has 132 valence electrons. The third-order valence-electron chi connectivity index (χ3n) is 3.03. The first-order valence-corrected chi connectivity index (χ1v) is 7.11. The highest BCUT2D eigenvalue weighted by atomic mass is 32.1. The molecule has 0 aliphatic carbocycles. The van der Waals surface area contributed by atoms with Crippen molar-refractivity contribution in [2.24, 2.45) is 0 Å². The Balaban J connectivity index is 2.42. The number of aromatic hydroxyl groups is 1. The number of hydrogen-bond donors (Lipinski definition) is 2. The van der Waals surface area contributed by atoms with Gasteiger partial charge in [-0.05, 0) is 36.5 Å². The molecule has 1 saturated heterocycles. The van der Waals surface area contributed by atoms with Crippen molar-refractivity contribution in [3.63, 3.8) is 0 Å². The van der Waals surface area contributed by atoms with Gasteiger partial charge in [-0.3, -0.25) is 19.8 Å². The summed E-state index contributed by atoms with van der Waals surface area (Å²) in [5.74, 6) is -2.66. The Labute approximate surface area is 145 Å². The molecule has 1 aliphatic rings. The molecule has 2 N–H and O–H groups in total. The largest absolute Gasteiger partial charge is 0.573 e. The Morgan fingerprint density at radius 3 is 2.64 bits per heavy atom. The number of benzene rings is 1. The van der Waals surface area contributed by atoms with Gasteiger partial charge in [-0.15, -0.1) is 19.8 Å². The van der Waals surface area contributed by atoms with Gasteiger partial charge in [0.15, 0.2) is 5.11 Å². The number of nitrogens with zero attached hydrogens (tertiary/aromatic N) is 1. The number of hydrogen-bond acceptors (Lipinski definition) is 5. The second kappa shape index (κ2) is 6.93. The van der Waals surface area contributed by atoms with E-state index in [-0.39, 0.29) is 17.2 Å². The molecule has 0 unspecified atom stereocenters. The van der Waals surface area contributed by atoms with Crippen LogP contribution < -0.4 is 10.1 Å². The summed E-state index contributed by atoms with van der Waals surface area (Å²) in [6, 6.07) is 2.69. The average Bonchev–Trinajstić information content (AvgIpc) is 2.49. The van der Waals surface area contributed by atoms with E-state index < -0.39 is 35.2 Å². The average molecular weight is 372 g/mol. The van der Waals surface area contributed by atoms with Crippen molar-refractivity contribution in [3.8, 4) is 11.5 Å². The van der Waals surface area contributed by atoms with Gasteiger partial charge in [0.2, 0.25) is 0 Å². The Kier molecular flexibility index (Phi) is 5.12. The lowest BCUT2D eigenvalue weighted by Crippen LogP contribution is -2.53. The fourth-order valence-electron chi connectivity index (χ4n) is 1.99. The van der Waals surface area contributed by atoms with Crippen LogP contribution in [0.4, 0.5) is 13.2 Å². The molecule has 0 radical (unpaired) electrons. The van der Waals surface area contributed by atoms with Crippen LogP contribution in [0.1, 0.15) is 5.56 Å². The Bertz CT molecular complexity index is 789. The van der Waals surface area contributed by atoms with Crippen molar-refractivity contribution in [3.05, 3.63) is 42.0 Å². The van der Waals surface area contributed by atoms with Crippen LogP contribution in [0.2, 0.25) is 0 Å². The highest BCUT2D eigenvalue weighted by Crippen LogP contribution is 2.29. The van der Waals surface area contributed by atoms with Gasteiger partial charge in [-0.25, -0.2) is 0 Å². The minimum atomic E-state index is -4.92. The fourth-order valence-corrected chi connectivity index (χ4v) is 2.24. The van der Waals surface area contributed by atoms with Crippen LogP contribution in [0.25, 0.3) is 6.08 Å². The van der Waals surface area contributed by atoms with E-state index in [4.69, 9.17) is 12.2 Å². The van der Waals surface area contributed by atoms with Crippen LogP contribution in [0, 0.1) is 0 Å². The number of carbonyl (C=O) groups is 2. The Hall–Kier alpha value is -2.88. The smallest absolute Gasteiger partial charge is 0.507 e. The summed E-state index contributed by atoms with van der Waals surface area (Å²) in [4.78, 5) is 25.3. The van der Waals surface area contributed by atoms with Gasteiger partial charge in [-0.2, -0.15) is 0 Å². The molecule has 10 heteroatoms. The lowest BCUT2D eigenvalue weighted by molar-refractivity contribution is -0.274. The van der Waals surface area contributed by atoms with E-state index >= 15 is 0 Å². The molecule has 0 bridgehead atoms. The molecule has 2 rings (SSSR count). The minimum absolute atomic E-state index is 0.0263. The van der Waals surface area contributed by atoms with Crippen LogP contribution in [0.3, 0.4) is 0 Å². The minimum Gasteiger partial charge on any atom is -0.507 e. The van der Waals surface area contributed by atoms with E-state index in [9.17, 15) is 27.9 Å². The molecule has 1 aromatic rings. The predicted molar refractivity (Wildman–Crippen MR) is 85.4 cm³/mol. The van der Waals surface area contributed by atoms with Crippen molar-refractivity contribution in [2.45, 2.75) is 6.36 Å². The number of thiocarbonyl (C=S) groups is 1. The second-order valence-electron chi connectivity index (χ2n) is 4.79. The van der Waals surface area contributed by atoms with Gasteiger partial charge in [0, 0.05) is 12.1 Å². The van der Waals surface area contributed by atoms with Crippen LogP contribution in [-0.2, 0) is 9.59 Å². The van der Waals surface area contributed by atoms with Gasteiger partial charge in [0.25, 0.3) is 11.8 Å². The first kappa shape index (κ1) is 18.5. The number of ether oxygens (including phenoxy) is 1. The third kappa shape index (κ3) is 4.35. The number of nitrogens with one attached hydrogen (secondary N) is 1. The lowest BCUT2D eigenvalue weighted by atomic mass is 10.1. The maximum absolute atomic E-state index is 12.3. The highest BCUT2D eigenvalue weighted by Gasteiger charge is 2.33. The molecule has 1 fully saturated rings. The number of phenolic OH excluding ortho intramolecular Hbond substituents is 1. The topological polar surface area (TPSA) is 78.9 Å². The highest BCUT2D eigenvalue weighted by molar-refractivity contribution is 7.80. The van der Waals surface area contributed by atoms with Crippen molar-refractivity contribution >= 4 is 35.2 Å². The molecule has 25 heavy (non-hydrogen) atoms. The zero-order valence-corrected chi connectivity index (χ0v) is 13.3. The van der Waals surface area contributed by atoms with Crippen molar-refractivity contribution in [1.82, 2.24) is 10.2 Å². The molecular weight excluding hydrogens is 361 g/mol. The summed E-state index contributed by atoms with van der Waals surface area (Å²) in [7, 11) is 0. The summed E-state index contributed by atoms with van der Waals surface area (Å²) in [6.45, 7) is 3.49.